The summed E-state index contributed by atoms with van der Waals surface area (Å²) >= 11 is 0. The van der Waals surface area contributed by atoms with Crippen LogP contribution in [0.5, 0.6) is 0 Å². The van der Waals surface area contributed by atoms with Crippen molar-refractivity contribution >= 4 is 0 Å². The van der Waals surface area contributed by atoms with Gasteiger partial charge in [-0.3, -0.25) is 0 Å². The molecule has 0 atom stereocenters. The average molecular weight is 202 g/mol. The van der Waals surface area contributed by atoms with Crippen LogP contribution < -0.4 is 5.73 Å². The largest absolute Gasteiger partial charge is 0.377 e. The van der Waals surface area contributed by atoms with Gasteiger partial charge in [0.1, 0.15) is 0 Å². The number of hydrogen-bond acceptors (Lipinski definition) is 3. The smallest absolute Gasteiger partial charge is 0.0596 e. The lowest BCUT2D eigenvalue weighted by molar-refractivity contribution is 0.0629. The maximum Gasteiger partial charge on any atom is 0.0596 e. The summed E-state index contributed by atoms with van der Waals surface area (Å²) in [6.45, 7) is 11.1. The van der Waals surface area contributed by atoms with Crippen molar-refractivity contribution in [3.8, 4) is 0 Å². The summed E-state index contributed by atoms with van der Waals surface area (Å²) in [5.41, 5.74) is 5.84. The van der Waals surface area contributed by atoms with Gasteiger partial charge in [-0.05, 0) is 47.7 Å². The summed E-state index contributed by atoms with van der Waals surface area (Å²) in [6, 6.07) is 0. The Balaban J connectivity index is 3.42. The molecule has 0 aromatic carbocycles. The quantitative estimate of drug-likeness (QED) is 0.679. The molecule has 86 valence electrons. The Labute approximate surface area is 88.6 Å². The zero-order chi connectivity index (χ0) is 11.2. The third kappa shape index (κ3) is 9.96. The molecule has 0 spiro atoms. The van der Waals surface area contributed by atoms with E-state index in [2.05, 4.69) is 39.6 Å². The van der Waals surface area contributed by atoms with E-state index in [9.17, 15) is 0 Å². The van der Waals surface area contributed by atoms with Crippen LogP contribution >= 0.6 is 0 Å². The molecule has 0 saturated carbocycles. The van der Waals surface area contributed by atoms with Crippen molar-refractivity contribution in [2.24, 2.45) is 5.73 Å². The lowest BCUT2D eigenvalue weighted by Crippen LogP contribution is -2.37. The van der Waals surface area contributed by atoms with E-state index in [1.165, 1.54) is 0 Å². The molecule has 14 heavy (non-hydrogen) atoms. The van der Waals surface area contributed by atoms with Crippen molar-refractivity contribution in [1.29, 1.82) is 0 Å². The van der Waals surface area contributed by atoms with E-state index in [1.54, 1.807) is 0 Å². The van der Waals surface area contributed by atoms with Crippen molar-refractivity contribution in [3.05, 3.63) is 0 Å². The highest BCUT2D eigenvalue weighted by molar-refractivity contribution is 4.72. The van der Waals surface area contributed by atoms with E-state index in [1.807, 2.05) is 0 Å². The van der Waals surface area contributed by atoms with Crippen LogP contribution in [0.1, 0.15) is 34.1 Å². The van der Waals surface area contributed by atoms with E-state index in [-0.39, 0.29) is 5.54 Å². The first-order valence-corrected chi connectivity index (χ1v) is 5.40. The molecule has 2 N–H and O–H groups in total. The van der Waals surface area contributed by atoms with Gasteiger partial charge in [-0.2, -0.15) is 0 Å². The minimum atomic E-state index is -0.0623. The summed E-state index contributed by atoms with van der Waals surface area (Å²) in [7, 11) is 2.11. The lowest BCUT2D eigenvalue weighted by atomic mass is 10.0. The number of likely N-dealkylation sites (N-methyl/N-ethyl adjacent to an activating group) is 1. The zero-order valence-corrected chi connectivity index (χ0v) is 10.3. The maximum absolute atomic E-state index is 5.90. The van der Waals surface area contributed by atoms with E-state index in [0.29, 0.717) is 6.10 Å². The van der Waals surface area contributed by atoms with Gasteiger partial charge in [-0.25, -0.2) is 0 Å². The zero-order valence-electron chi connectivity index (χ0n) is 10.3. The third-order valence-electron chi connectivity index (χ3n) is 2.06. The number of rotatable bonds is 7. The molecule has 0 aromatic heterocycles. The fourth-order valence-corrected chi connectivity index (χ4v) is 1.04. The van der Waals surface area contributed by atoms with Crippen LogP contribution in [0.3, 0.4) is 0 Å². The molecular formula is C11H26N2O. The minimum absolute atomic E-state index is 0.0623. The van der Waals surface area contributed by atoms with Gasteiger partial charge in [-0.1, -0.05) is 0 Å². The molecule has 0 aromatic rings. The van der Waals surface area contributed by atoms with Gasteiger partial charge in [0.25, 0.3) is 0 Å². The summed E-state index contributed by atoms with van der Waals surface area (Å²) < 4.78 is 5.47. The Morgan fingerprint density at radius 1 is 1.29 bits per heavy atom. The second-order valence-electron chi connectivity index (χ2n) is 4.96. The Morgan fingerprint density at radius 2 is 1.86 bits per heavy atom. The molecule has 0 rings (SSSR count). The van der Waals surface area contributed by atoms with E-state index >= 15 is 0 Å². The van der Waals surface area contributed by atoms with Crippen LogP contribution in [0, 0.1) is 0 Å². The highest BCUT2D eigenvalue weighted by Crippen LogP contribution is 2.03. The van der Waals surface area contributed by atoms with Crippen LogP contribution in [0.25, 0.3) is 0 Å². The molecule has 3 nitrogen and oxygen atoms in total. The van der Waals surface area contributed by atoms with Crippen molar-refractivity contribution in [2.45, 2.75) is 45.8 Å². The SMILES string of the molecule is CC(C)OCCN(C)CCC(C)(C)N. The van der Waals surface area contributed by atoms with Gasteiger partial charge < -0.3 is 15.4 Å². The van der Waals surface area contributed by atoms with Crippen LogP contribution in [0.4, 0.5) is 0 Å². The predicted molar refractivity (Wildman–Crippen MR) is 61.5 cm³/mol. The molecule has 0 bridgehead atoms. The average Bonchev–Trinajstić information content (AvgIpc) is 1.99. The number of hydrogen-bond donors (Lipinski definition) is 1. The summed E-state index contributed by atoms with van der Waals surface area (Å²) in [5.74, 6) is 0. The Hall–Kier alpha value is -0.120. The monoisotopic (exact) mass is 202 g/mol. The fourth-order valence-electron chi connectivity index (χ4n) is 1.04. The van der Waals surface area contributed by atoms with Gasteiger partial charge in [0, 0.05) is 12.1 Å². The topological polar surface area (TPSA) is 38.5 Å². The normalized spacial score (nSPS) is 12.9. The minimum Gasteiger partial charge on any atom is -0.377 e. The van der Waals surface area contributed by atoms with Crippen molar-refractivity contribution < 1.29 is 4.74 Å². The van der Waals surface area contributed by atoms with E-state index in [0.717, 1.165) is 26.1 Å². The molecule has 0 aliphatic carbocycles. The van der Waals surface area contributed by atoms with Gasteiger partial charge in [0.05, 0.1) is 12.7 Å². The van der Waals surface area contributed by atoms with E-state index < -0.39 is 0 Å². The lowest BCUT2D eigenvalue weighted by Gasteiger charge is -2.23. The van der Waals surface area contributed by atoms with Crippen molar-refractivity contribution in [3.63, 3.8) is 0 Å². The first-order chi connectivity index (χ1) is 6.31. The third-order valence-corrected chi connectivity index (χ3v) is 2.06. The number of ether oxygens (including phenoxy) is 1. The van der Waals surface area contributed by atoms with Crippen LogP contribution in [-0.4, -0.2) is 43.3 Å². The van der Waals surface area contributed by atoms with Gasteiger partial charge in [0.2, 0.25) is 0 Å². The summed E-state index contributed by atoms with van der Waals surface area (Å²) in [6.07, 6.45) is 1.35. The van der Waals surface area contributed by atoms with Crippen LogP contribution in [0.15, 0.2) is 0 Å². The first-order valence-electron chi connectivity index (χ1n) is 5.40. The van der Waals surface area contributed by atoms with Crippen molar-refractivity contribution in [1.82, 2.24) is 4.90 Å². The van der Waals surface area contributed by atoms with Crippen LogP contribution in [0.2, 0.25) is 0 Å². The number of nitrogens with two attached hydrogens (primary N) is 1. The second kappa shape index (κ2) is 6.38. The molecule has 0 heterocycles. The molecule has 0 radical (unpaired) electrons. The fraction of sp³-hybridized carbons (Fsp3) is 1.00. The summed E-state index contributed by atoms with van der Waals surface area (Å²) in [4.78, 5) is 2.26. The molecule has 0 aliphatic rings. The van der Waals surface area contributed by atoms with Gasteiger partial charge >= 0.3 is 0 Å². The predicted octanol–water partition coefficient (Wildman–Crippen LogP) is 1.47. The van der Waals surface area contributed by atoms with E-state index in [4.69, 9.17) is 10.5 Å². The van der Waals surface area contributed by atoms with Crippen LogP contribution in [-0.2, 0) is 4.74 Å². The molecule has 3 heteroatoms. The van der Waals surface area contributed by atoms with Crippen molar-refractivity contribution in [2.75, 3.05) is 26.7 Å². The molecule has 0 fully saturated rings. The molecule has 0 amide bonds. The second-order valence-corrected chi connectivity index (χ2v) is 4.96. The van der Waals surface area contributed by atoms with Gasteiger partial charge in [0.15, 0.2) is 0 Å². The Morgan fingerprint density at radius 3 is 2.29 bits per heavy atom. The Bertz CT molecular complexity index is 141. The molecule has 0 unspecified atom stereocenters. The molecule has 0 saturated heterocycles. The highest BCUT2D eigenvalue weighted by Gasteiger charge is 2.11. The maximum atomic E-state index is 5.90. The van der Waals surface area contributed by atoms with Gasteiger partial charge in [-0.15, -0.1) is 0 Å². The molecular weight excluding hydrogens is 176 g/mol. The standard InChI is InChI=1S/C11H26N2O/c1-10(2)14-9-8-13(5)7-6-11(3,4)12/h10H,6-9,12H2,1-5H3. The highest BCUT2D eigenvalue weighted by atomic mass is 16.5. The Kier molecular flexibility index (Phi) is 6.33. The number of nitrogens with zero attached hydrogens (tertiary/aromatic N) is 1. The first kappa shape index (κ1) is 13.9. The molecule has 0 aliphatic heterocycles. The summed E-state index contributed by atoms with van der Waals surface area (Å²) in [5, 5.41) is 0.